The Morgan fingerprint density at radius 2 is 2.00 bits per heavy atom. The van der Waals surface area contributed by atoms with E-state index in [-0.39, 0.29) is 0 Å². The van der Waals surface area contributed by atoms with Crippen molar-refractivity contribution >= 4 is 40.8 Å². The Balaban J connectivity index is 4.10. The second-order valence-electron chi connectivity index (χ2n) is 2.28. The number of alkyl halides is 3. The maximum atomic E-state index is 10.3. The van der Waals surface area contributed by atoms with Crippen molar-refractivity contribution in [1.82, 2.24) is 5.32 Å². The zero-order chi connectivity index (χ0) is 9.94. The number of aliphatic hydroxyl groups excluding tert-OH is 1. The van der Waals surface area contributed by atoms with Crippen molar-refractivity contribution in [3.63, 3.8) is 0 Å². The van der Waals surface area contributed by atoms with Crippen LogP contribution >= 0.6 is 34.8 Å². The highest BCUT2D eigenvalue weighted by Crippen LogP contribution is 2.31. The summed E-state index contributed by atoms with van der Waals surface area (Å²) in [6.45, 7) is 1.47. The van der Waals surface area contributed by atoms with E-state index in [9.17, 15) is 9.90 Å². The lowest BCUT2D eigenvalue weighted by Crippen LogP contribution is -2.48. The van der Waals surface area contributed by atoms with Gasteiger partial charge < -0.3 is 16.2 Å². The van der Waals surface area contributed by atoms with Gasteiger partial charge in [-0.25, -0.2) is 4.79 Å². The van der Waals surface area contributed by atoms with Crippen molar-refractivity contribution in [3.05, 3.63) is 0 Å². The Kier molecular flexibility index (Phi) is 4.40. The number of aliphatic hydroxyl groups is 1. The van der Waals surface area contributed by atoms with Crippen molar-refractivity contribution in [2.24, 2.45) is 5.73 Å². The number of halogens is 3. The first-order valence-electron chi connectivity index (χ1n) is 3.06. The van der Waals surface area contributed by atoms with Gasteiger partial charge >= 0.3 is 6.03 Å². The Bertz CT molecular complexity index is 171. The van der Waals surface area contributed by atoms with Gasteiger partial charge in [0.25, 0.3) is 0 Å². The molecule has 0 bridgehead atoms. The van der Waals surface area contributed by atoms with E-state index in [1.54, 1.807) is 0 Å². The van der Waals surface area contributed by atoms with Crippen molar-refractivity contribution in [1.29, 1.82) is 0 Å². The molecule has 7 heteroatoms. The molecule has 0 aliphatic rings. The van der Waals surface area contributed by atoms with Gasteiger partial charge in [-0.15, -0.1) is 0 Å². The molecule has 0 fully saturated rings. The smallest absolute Gasteiger partial charge is 0.312 e. The quantitative estimate of drug-likeness (QED) is 0.619. The second kappa shape index (κ2) is 4.37. The molecule has 4 nitrogen and oxygen atoms in total. The molecule has 0 aliphatic heterocycles. The minimum atomic E-state index is -1.83. The van der Waals surface area contributed by atoms with Gasteiger partial charge in [0.2, 0.25) is 3.79 Å². The van der Waals surface area contributed by atoms with Crippen LogP contribution in [0.3, 0.4) is 0 Å². The molecule has 0 heterocycles. The molecule has 2 unspecified atom stereocenters. The maximum absolute atomic E-state index is 10.3. The molecule has 0 aromatic carbocycles. The Labute approximate surface area is 85.0 Å². The zero-order valence-corrected chi connectivity index (χ0v) is 8.49. The number of urea groups is 1. The second-order valence-corrected chi connectivity index (χ2v) is 4.65. The van der Waals surface area contributed by atoms with Crippen LogP contribution in [0.2, 0.25) is 0 Å². The Morgan fingerprint density at radius 3 is 2.25 bits per heavy atom. The highest BCUT2D eigenvalue weighted by atomic mass is 35.6. The third-order valence-corrected chi connectivity index (χ3v) is 1.85. The van der Waals surface area contributed by atoms with Gasteiger partial charge in [0.05, 0.1) is 6.04 Å². The van der Waals surface area contributed by atoms with Crippen LogP contribution in [0, 0.1) is 0 Å². The summed E-state index contributed by atoms with van der Waals surface area (Å²) in [5.41, 5.74) is 4.78. The van der Waals surface area contributed by atoms with E-state index in [1.807, 2.05) is 0 Å². The first kappa shape index (κ1) is 12.1. The molecule has 0 aliphatic carbocycles. The lowest BCUT2D eigenvalue weighted by atomic mass is 10.2. The van der Waals surface area contributed by atoms with Crippen LogP contribution in [-0.2, 0) is 0 Å². The number of hydrogen-bond acceptors (Lipinski definition) is 2. The number of primary amides is 1. The number of nitrogens with two attached hydrogens (primary N) is 1. The van der Waals surface area contributed by atoms with Crippen LogP contribution in [0.25, 0.3) is 0 Å². The van der Waals surface area contributed by atoms with Gasteiger partial charge in [-0.3, -0.25) is 0 Å². The summed E-state index contributed by atoms with van der Waals surface area (Å²) in [6.07, 6.45) is -1.30. The van der Waals surface area contributed by atoms with Crippen LogP contribution in [-0.4, -0.2) is 27.1 Å². The minimum Gasteiger partial charge on any atom is -0.387 e. The normalized spacial score (nSPS) is 16.8. The van der Waals surface area contributed by atoms with Gasteiger partial charge in [0.15, 0.2) is 0 Å². The number of nitrogens with one attached hydrogen (secondary N) is 1. The third-order valence-electron chi connectivity index (χ3n) is 1.18. The molecule has 72 valence electrons. The molecular weight excluding hydrogens is 226 g/mol. The lowest BCUT2D eigenvalue weighted by molar-refractivity contribution is 0.140. The van der Waals surface area contributed by atoms with E-state index in [0.29, 0.717) is 0 Å². The number of carbonyl (C=O) groups is 1. The molecule has 0 saturated heterocycles. The lowest BCUT2D eigenvalue weighted by Gasteiger charge is -2.24. The van der Waals surface area contributed by atoms with Gasteiger partial charge in [-0.2, -0.15) is 0 Å². The van der Waals surface area contributed by atoms with Crippen LogP contribution in [0.15, 0.2) is 0 Å². The fourth-order valence-corrected chi connectivity index (χ4v) is 1.15. The molecule has 0 aromatic rings. The molecule has 2 atom stereocenters. The van der Waals surface area contributed by atoms with Crippen molar-refractivity contribution in [2.75, 3.05) is 0 Å². The molecule has 0 saturated carbocycles. The fourth-order valence-electron chi connectivity index (χ4n) is 0.587. The zero-order valence-electron chi connectivity index (χ0n) is 6.22. The third kappa shape index (κ3) is 4.21. The molecular formula is C5H9Cl3N2O2. The summed E-state index contributed by atoms with van der Waals surface area (Å²) >= 11 is 16.1. The minimum absolute atomic E-state index is 0.713. The van der Waals surface area contributed by atoms with E-state index >= 15 is 0 Å². The van der Waals surface area contributed by atoms with E-state index in [2.05, 4.69) is 5.32 Å². The molecule has 0 rings (SSSR count). The molecule has 0 radical (unpaired) electrons. The van der Waals surface area contributed by atoms with E-state index < -0.39 is 22.0 Å². The van der Waals surface area contributed by atoms with Gasteiger partial charge in [0.1, 0.15) is 6.10 Å². The van der Waals surface area contributed by atoms with Crippen molar-refractivity contribution < 1.29 is 9.90 Å². The van der Waals surface area contributed by atoms with Gasteiger partial charge in [0, 0.05) is 0 Å². The maximum Gasteiger partial charge on any atom is 0.312 e. The van der Waals surface area contributed by atoms with E-state index in [0.717, 1.165) is 0 Å². The van der Waals surface area contributed by atoms with Gasteiger partial charge in [-0.1, -0.05) is 34.8 Å². The Hall–Kier alpha value is 0.1000. The predicted octanol–water partition coefficient (Wildman–Crippen LogP) is 0.774. The first-order chi connectivity index (χ1) is 5.25. The van der Waals surface area contributed by atoms with Crippen molar-refractivity contribution in [2.45, 2.75) is 22.9 Å². The average Bonchev–Trinajstić information content (AvgIpc) is 1.82. The fraction of sp³-hybridized carbons (Fsp3) is 0.800. The van der Waals surface area contributed by atoms with Crippen molar-refractivity contribution in [3.8, 4) is 0 Å². The number of carbonyl (C=O) groups excluding carboxylic acids is 1. The van der Waals surface area contributed by atoms with Crippen LogP contribution < -0.4 is 11.1 Å². The monoisotopic (exact) mass is 234 g/mol. The van der Waals surface area contributed by atoms with Crippen LogP contribution in [0.5, 0.6) is 0 Å². The summed E-state index contributed by atoms with van der Waals surface area (Å²) in [5.74, 6) is 0. The molecule has 0 spiro atoms. The number of amides is 2. The summed E-state index contributed by atoms with van der Waals surface area (Å²) in [5, 5.41) is 11.4. The molecule has 2 amide bonds. The summed E-state index contributed by atoms with van der Waals surface area (Å²) in [7, 11) is 0. The SMILES string of the molecule is CC(NC(N)=O)C(O)C(Cl)(Cl)Cl. The Morgan fingerprint density at radius 1 is 1.58 bits per heavy atom. The number of hydrogen-bond donors (Lipinski definition) is 3. The molecule has 0 aromatic heterocycles. The summed E-state index contributed by atoms with van der Waals surface area (Å²) in [4.78, 5) is 10.3. The first-order valence-corrected chi connectivity index (χ1v) is 4.19. The van der Waals surface area contributed by atoms with Crippen LogP contribution in [0.4, 0.5) is 4.79 Å². The van der Waals surface area contributed by atoms with E-state index in [1.165, 1.54) is 6.92 Å². The van der Waals surface area contributed by atoms with Crippen LogP contribution in [0.1, 0.15) is 6.92 Å². The number of rotatable bonds is 2. The summed E-state index contributed by atoms with van der Waals surface area (Å²) < 4.78 is -1.83. The largest absolute Gasteiger partial charge is 0.387 e. The molecule has 4 N–H and O–H groups in total. The molecule has 12 heavy (non-hydrogen) atoms. The van der Waals surface area contributed by atoms with E-state index in [4.69, 9.17) is 40.5 Å². The van der Waals surface area contributed by atoms with Gasteiger partial charge in [-0.05, 0) is 6.92 Å². The predicted molar refractivity (Wildman–Crippen MR) is 48.5 cm³/mol. The highest BCUT2D eigenvalue weighted by molar-refractivity contribution is 6.68. The topological polar surface area (TPSA) is 75.3 Å². The average molecular weight is 235 g/mol. The summed E-state index contributed by atoms with van der Waals surface area (Å²) in [6, 6.07) is -1.49. The highest BCUT2D eigenvalue weighted by Gasteiger charge is 2.35. The standard InChI is InChI=1S/C5H9Cl3N2O2/c1-2(10-4(9)12)3(11)5(6,7)8/h2-3,11H,1H3,(H3,9,10,12).